The van der Waals surface area contributed by atoms with E-state index in [4.69, 9.17) is 9.47 Å². The van der Waals surface area contributed by atoms with E-state index >= 15 is 19.2 Å². The standard InChI is InChI=1S/C102H76N4O8/c1-11-87(107)103-33-35-113-61-45-79(49(3)4)97(80(46-61)50(5)6)105-99(109)75-29-25-67-63-17-21-71-83-41-57-37-53-13-15-55-39-59-43-85-73-23-19-65-69-27-31-77-96-78(102(112)106(101(77)111)98-81(51(7)8)47-62(48-82(98)52(9)10)114-36-34-104-88(108)12-2)32-28-70(92(69)96)66-20-24-74(94(73)90(65)66)86(85)44-60(59)40-56(55)16-14-54(53)38-58(57)42-84(83)72-22-18-64(89(63)93(71)72)68-26-30-76(100(105)110)95(75)91(67)68/h11-32,37-52H,1-2,33-36H2,3-10H3,(H,103,107)(H,104,108). The molecule has 0 bridgehead atoms. The number of imide groups is 2. The molecule has 16 aromatic carbocycles. The summed E-state index contributed by atoms with van der Waals surface area (Å²) in [5, 5.41) is 26.4. The maximum Gasteiger partial charge on any atom is 0.266 e. The molecule has 0 unspecified atom stereocenters. The molecule has 2 aliphatic heterocycles. The van der Waals surface area contributed by atoms with Crippen molar-refractivity contribution in [2.24, 2.45) is 0 Å². The van der Waals surface area contributed by atoms with Crippen LogP contribution in [0.5, 0.6) is 11.5 Å². The van der Waals surface area contributed by atoms with Gasteiger partial charge in [0.15, 0.2) is 0 Å². The first-order valence-electron chi connectivity index (χ1n) is 39.5. The molecule has 2 N–H and O–H groups in total. The number of hydrogen-bond donors (Lipinski definition) is 2. The second-order valence-corrected chi connectivity index (χ2v) is 32.5. The predicted molar refractivity (Wildman–Crippen MR) is 466 cm³/mol. The predicted octanol–water partition coefficient (Wildman–Crippen LogP) is 23.5. The molecule has 2 heterocycles. The van der Waals surface area contributed by atoms with Crippen LogP contribution in [-0.4, -0.2) is 61.7 Å². The van der Waals surface area contributed by atoms with Crippen molar-refractivity contribution in [3.05, 3.63) is 262 Å². The fourth-order valence-corrected chi connectivity index (χ4v) is 19.6. The van der Waals surface area contributed by atoms with Crippen molar-refractivity contribution in [2.75, 3.05) is 36.1 Å². The van der Waals surface area contributed by atoms with Gasteiger partial charge in [-0.15, -0.1) is 0 Å². The van der Waals surface area contributed by atoms with E-state index in [1.807, 2.05) is 48.5 Å². The van der Waals surface area contributed by atoms with Crippen LogP contribution in [0.15, 0.2) is 195 Å². The molecule has 21 rings (SSSR count). The van der Waals surface area contributed by atoms with Gasteiger partial charge in [-0.3, -0.25) is 28.8 Å². The van der Waals surface area contributed by atoms with Gasteiger partial charge in [0, 0.05) is 33.0 Å². The molecule has 552 valence electrons. The number of benzene rings is 16. The van der Waals surface area contributed by atoms with Crippen molar-refractivity contribution in [3.8, 4) is 56.0 Å². The lowest BCUT2D eigenvalue weighted by molar-refractivity contribution is -0.117. The van der Waals surface area contributed by atoms with E-state index in [-0.39, 0.29) is 72.3 Å². The SMILES string of the molecule is C=CC(=O)NCCOc1cc(C(C)C)c(N2C(=O)c3ccc4c5ccc6c7c(ccc(c8ccc(c3c48)C2=O)c75)-c2cc3cc4c(cc3cc2-6)C=Cc2cc3cc5c(cc3cc2C=C4)-c2ccc3c4ccc6c7c(ccc(c8ccc-5c2c83)c74)C(=O)N(c2c(C(C)C)cc(OCCNC(=O)C=C)cc2C(C)C)C6=O)c(C(C)C)c1. The molecule has 0 spiro atoms. The van der Waals surface area contributed by atoms with E-state index in [1.54, 1.807) is 0 Å². The Kier molecular flexibility index (Phi) is 15.0. The zero-order chi connectivity index (χ0) is 78.0. The van der Waals surface area contributed by atoms with Crippen molar-refractivity contribution in [3.63, 3.8) is 0 Å². The normalized spacial score (nSPS) is 13.8. The molecule has 16 aromatic rings. The number of fused-ring (bicyclic) bond motifs is 14. The van der Waals surface area contributed by atoms with Gasteiger partial charge < -0.3 is 20.1 Å². The number of nitrogens with zero attached hydrogens (tertiary/aromatic N) is 2. The topological polar surface area (TPSA) is 151 Å². The molecule has 0 aromatic heterocycles. The third-order valence-corrected chi connectivity index (χ3v) is 24.9. The van der Waals surface area contributed by atoms with Crippen LogP contribution in [0.4, 0.5) is 11.4 Å². The van der Waals surface area contributed by atoms with Gasteiger partial charge >= 0.3 is 0 Å². The lowest BCUT2D eigenvalue weighted by Crippen LogP contribution is -2.41. The molecule has 0 radical (unpaired) electrons. The molecule has 0 saturated heterocycles. The van der Waals surface area contributed by atoms with E-state index in [2.05, 4.69) is 225 Å². The molecule has 5 aliphatic rings. The van der Waals surface area contributed by atoms with Gasteiger partial charge in [-0.25, -0.2) is 9.80 Å². The number of carbonyl (C=O) groups excluding carboxylic acids is 6. The van der Waals surface area contributed by atoms with Crippen molar-refractivity contribution in [1.82, 2.24) is 10.6 Å². The van der Waals surface area contributed by atoms with E-state index < -0.39 is 0 Å². The van der Waals surface area contributed by atoms with Gasteiger partial charge in [-0.2, -0.15) is 0 Å². The summed E-state index contributed by atoms with van der Waals surface area (Å²) < 4.78 is 12.4. The minimum atomic E-state index is -0.354. The van der Waals surface area contributed by atoms with Gasteiger partial charge in [0.25, 0.3) is 23.6 Å². The Morgan fingerprint density at radius 1 is 0.316 bits per heavy atom. The van der Waals surface area contributed by atoms with Crippen molar-refractivity contribution >= 4 is 179 Å². The minimum Gasteiger partial charge on any atom is -0.492 e. The van der Waals surface area contributed by atoms with Gasteiger partial charge in [-0.05, 0) is 319 Å². The van der Waals surface area contributed by atoms with Crippen LogP contribution in [-0.2, 0) is 9.59 Å². The Morgan fingerprint density at radius 2 is 0.544 bits per heavy atom. The van der Waals surface area contributed by atoms with E-state index in [9.17, 15) is 9.59 Å². The molecule has 12 heteroatoms. The molecular formula is C102H76N4O8. The Bertz CT molecular complexity index is 6500. The molecule has 0 saturated carbocycles. The summed E-state index contributed by atoms with van der Waals surface area (Å²) in [4.78, 5) is 87.8. The van der Waals surface area contributed by atoms with Gasteiger partial charge in [0.1, 0.15) is 24.7 Å². The maximum absolute atomic E-state index is 15.3. The summed E-state index contributed by atoms with van der Waals surface area (Å²) in [6, 6.07) is 60.5. The van der Waals surface area contributed by atoms with Crippen LogP contribution < -0.4 is 29.9 Å². The third-order valence-electron chi connectivity index (χ3n) is 24.9. The molecule has 6 amide bonds. The summed E-state index contributed by atoms with van der Waals surface area (Å²) in [6.45, 7) is 24.6. The number of carbonyl (C=O) groups is 6. The molecule has 0 atom stereocenters. The van der Waals surface area contributed by atoms with Crippen molar-refractivity contribution < 1.29 is 38.2 Å². The van der Waals surface area contributed by atoms with Crippen LogP contribution in [0.25, 0.3) is 177 Å². The van der Waals surface area contributed by atoms with Crippen molar-refractivity contribution in [1.29, 1.82) is 0 Å². The molecule has 114 heavy (non-hydrogen) atoms. The number of amides is 6. The second kappa shape index (κ2) is 25.0. The molecule has 3 aliphatic carbocycles. The summed E-state index contributed by atoms with van der Waals surface area (Å²) in [6.07, 6.45) is 11.5. The summed E-state index contributed by atoms with van der Waals surface area (Å²) in [5.41, 5.74) is 20.5. The molecular weight excluding hydrogens is 1410 g/mol. The van der Waals surface area contributed by atoms with Crippen molar-refractivity contribution in [2.45, 2.75) is 79.1 Å². The zero-order valence-electron chi connectivity index (χ0n) is 64.3. The van der Waals surface area contributed by atoms with Gasteiger partial charge in [0.2, 0.25) is 11.8 Å². The number of anilines is 2. The van der Waals surface area contributed by atoms with Gasteiger partial charge in [0.05, 0.1) is 24.5 Å². The Labute approximate surface area is 656 Å². The van der Waals surface area contributed by atoms with Gasteiger partial charge in [-0.1, -0.05) is 166 Å². The maximum atomic E-state index is 15.3. The highest BCUT2D eigenvalue weighted by molar-refractivity contribution is 6.46. The average Bonchev–Trinajstić information content (AvgIpc) is 1.30. The second-order valence-electron chi connectivity index (χ2n) is 32.5. The Morgan fingerprint density at radius 3 is 0.772 bits per heavy atom. The Balaban J connectivity index is 0.596. The smallest absolute Gasteiger partial charge is 0.266 e. The zero-order valence-corrected chi connectivity index (χ0v) is 64.3. The highest BCUT2D eigenvalue weighted by Gasteiger charge is 2.42. The monoisotopic (exact) mass is 1480 g/mol. The third kappa shape index (κ3) is 9.69. The summed E-state index contributed by atoms with van der Waals surface area (Å²) in [7, 11) is 0. The number of ether oxygens (including phenoxy) is 2. The first-order valence-corrected chi connectivity index (χ1v) is 39.5. The van der Waals surface area contributed by atoms with E-state index in [0.29, 0.717) is 69.0 Å². The van der Waals surface area contributed by atoms with Crippen LogP contribution in [0.3, 0.4) is 0 Å². The van der Waals surface area contributed by atoms with E-state index in [1.165, 1.54) is 88.0 Å². The molecule has 12 nitrogen and oxygen atoms in total. The fraction of sp³-hybridized carbons (Fsp3) is 0.157. The lowest BCUT2D eigenvalue weighted by Gasteiger charge is -2.33. The number of nitrogens with one attached hydrogen (secondary N) is 2. The van der Waals surface area contributed by atoms with Crippen LogP contribution in [0.1, 0.15) is 165 Å². The largest absolute Gasteiger partial charge is 0.492 e. The average molecular weight is 1490 g/mol. The first-order chi connectivity index (χ1) is 55.2. The quantitative estimate of drug-likeness (QED) is 0.0319. The van der Waals surface area contributed by atoms with Crippen LogP contribution in [0, 0.1) is 0 Å². The molecule has 0 fully saturated rings. The first kappa shape index (κ1) is 68.4. The Hall–Kier alpha value is -13.6. The van der Waals surface area contributed by atoms with Crippen LogP contribution >= 0.6 is 0 Å². The summed E-state index contributed by atoms with van der Waals surface area (Å²) >= 11 is 0. The minimum absolute atomic E-state index is 0.0656. The number of rotatable bonds is 16. The highest BCUT2D eigenvalue weighted by Crippen LogP contribution is 2.58. The fourth-order valence-electron chi connectivity index (χ4n) is 19.6. The highest BCUT2D eigenvalue weighted by atomic mass is 16.5. The van der Waals surface area contributed by atoms with E-state index in [0.717, 1.165) is 120 Å². The lowest BCUT2D eigenvalue weighted by atomic mass is 9.83. The van der Waals surface area contributed by atoms with Crippen LogP contribution in [0.2, 0.25) is 0 Å². The number of hydrogen-bond acceptors (Lipinski definition) is 8. The summed E-state index contributed by atoms with van der Waals surface area (Å²) in [5.74, 6) is -1.03.